The maximum Gasteiger partial charge on any atom is 0.260 e. The molecule has 2 aromatic rings. The lowest BCUT2D eigenvalue weighted by molar-refractivity contribution is -0.132. The SMILES string of the molecule is CN(c1ccc(F)cc1F)C1CCN(C(=O)COc2ccc(CO)cc2)C1. The molecule has 5 nitrogen and oxygen atoms in total. The zero-order valence-electron chi connectivity index (χ0n) is 15.1. The zero-order chi connectivity index (χ0) is 19.4. The van der Waals surface area contributed by atoms with Gasteiger partial charge in [-0.3, -0.25) is 4.79 Å². The fourth-order valence-corrected chi connectivity index (χ4v) is 3.18. The average molecular weight is 376 g/mol. The maximum atomic E-state index is 14.0. The van der Waals surface area contributed by atoms with Crippen LogP contribution in [-0.2, 0) is 11.4 Å². The Bertz CT molecular complexity index is 798. The number of hydrogen-bond acceptors (Lipinski definition) is 4. The minimum Gasteiger partial charge on any atom is -0.484 e. The van der Waals surface area contributed by atoms with E-state index >= 15 is 0 Å². The van der Waals surface area contributed by atoms with E-state index in [0.29, 0.717) is 30.9 Å². The number of likely N-dealkylation sites (tertiary alicyclic amines) is 1. The summed E-state index contributed by atoms with van der Waals surface area (Å²) in [6, 6.07) is 10.3. The summed E-state index contributed by atoms with van der Waals surface area (Å²) in [4.78, 5) is 15.8. The van der Waals surface area contributed by atoms with E-state index in [1.807, 2.05) is 0 Å². The van der Waals surface area contributed by atoms with Crippen molar-refractivity contribution in [3.8, 4) is 5.75 Å². The number of nitrogens with zero attached hydrogens (tertiary/aromatic N) is 2. The van der Waals surface area contributed by atoms with Crippen molar-refractivity contribution in [3.63, 3.8) is 0 Å². The average Bonchev–Trinajstić information content (AvgIpc) is 3.16. The molecule has 0 aromatic heterocycles. The lowest BCUT2D eigenvalue weighted by Crippen LogP contribution is -2.38. The predicted molar refractivity (Wildman–Crippen MR) is 97.6 cm³/mol. The van der Waals surface area contributed by atoms with Gasteiger partial charge in [0, 0.05) is 32.2 Å². The van der Waals surface area contributed by atoms with Gasteiger partial charge in [0.15, 0.2) is 6.61 Å². The summed E-state index contributed by atoms with van der Waals surface area (Å²) in [6.07, 6.45) is 0.699. The molecule has 0 spiro atoms. The van der Waals surface area contributed by atoms with Crippen molar-refractivity contribution < 1.29 is 23.4 Å². The van der Waals surface area contributed by atoms with Crippen LogP contribution in [0.5, 0.6) is 5.75 Å². The summed E-state index contributed by atoms with van der Waals surface area (Å²) in [5.41, 5.74) is 1.09. The maximum absolute atomic E-state index is 14.0. The molecule has 27 heavy (non-hydrogen) atoms. The third-order valence-corrected chi connectivity index (χ3v) is 4.82. The standard InChI is InChI=1S/C20H22F2N2O3/c1-23(19-7-4-15(21)10-18(19)22)16-8-9-24(11-16)20(26)13-27-17-5-2-14(12-25)3-6-17/h2-7,10,16,25H,8-9,11-13H2,1H3. The minimum atomic E-state index is -0.614. The number of likely N-dealkylation sites (N-methyl/N-ethyl adjacent to an activating group) is 1. The summed E-state index contributed by atoms with van der Waals surface area (Å²) in [5, 5.41) is 9.03. The number of benzene rings is 2. The Morgan fingerprint density at radius 3 is 2.67 bits per heavy atom. The van der Waals surface area contributed by atoms with Crippen molar-refractivity contribution in [2.24, 2.45) is 0 Å². The van der Waals surface area contributed by atoms with Crippen LogP contribution < -0.4 is 9.64 Å². The quantitative estimate of drug-likeness (QED) is 0.842. The fourth-order valence-electron chi connectivity index (χ4n) is 3.18. The highest BCUT2D eigenvalue weighted by Crippen LogP contribution is 2.25. The number of amides is 1. The summed E-state index contributed by atoms with van der Waals surface area (Å²) in [7, 11) is 1.74. The minimum absolute atomic E-state index is 0.0438. The molecule has 1 aliphatic rings. The summed E-state index contributed by atoms with van der Waals surface area (Å²) >= 11 is 0. The Kier molecular flexibility index (Phi) is 5.91. The van der Waals surface area contributed by atoms with E-state index in [9.17, 15) is 13.6 Å². The molecular weight excluding hydrogens is 354 g/mol. The predicted octanol–water partition coefficient (Wildman–Crippen LogP) is 2.57. The second kappa shape index (κ2) is 8.35. The van der Waals surface area contributed by atoms with Gasteiger partial charge < -0.3 is 19.6 Å². The molecule has 7 heteroatoms. The number of ether oxygens (including phenoxy) is 1. The zero-order valence-corrected chi connectivity index (χ0v) is 15.1. The topological polar surface area (TPSA) is 53.0 Å². The van der Waals surface area contributed by atoms with Crippen molar-refractivity contribution in [2.75, 3.05) is 31.6 Å². The van der Waals surface area contributed by atoms with E-state index in [4.69, 9.17) is 9.84 Å². The molecule has 1 fully saturated rings. The van der Waals surface area contributed by atoms with Crippen LogP contribution in [0.2, 0.25) is 0 Å². The molecule has 0 saturated carbocycles. The molecular formula is C20H22F2N2O3. The van der Waals surface area contributed by atoms with Gasteiger partial charge in [-0.25, -0.2) is 8.78 Å². The Labute approximate surface area is 156 Å². The smallest absolute Gasteiger partial charge is 0.260 e. The molecule has 1 saturated heterocycles. The van der Waals surface area contributed by atoms with E-state index in [-0.39, 0.29) is 25.2 Å². The van der Waals surface area contributed by atoms with E-state index in [1.165, 1.54) is 12.1 Å². The van der Waals surface area contributed by atoms with Gasteiger partial charge in [-0.1, -0.05) is 12.1 Å². The van der Waals surface area contributed by atoms with E-state index in [1.54, 1.807) is 41.1 Å². The van der Waals surface area contributed by atoms with Crippen LogP contribution in [-0.4, -0.2) is 48.7 Å². The van der Waals surface area contributed by atoms with Gasteiger partial charge in [-0.15, -0.1) is 0 Å². The van der Waals surface area contributed by atoms with E-state index in [2.05, 4.69) is 0 Å². The Hall–Kier alpha value is -2.67. The van der Waals surface area contributed by atoms with Crippen molar-refractivity contribution in [1.82, 2.24) is 4.90 Å². The number of aliphatic hydroxyl groups excluding tert-OH is 1. The van der Waals surface area contributed by atoms with Crippen molar-refractivity contribution in [1.29, 1.82) is 0 Å². The normalized spacial score (nSPS) is 16.4. The molecule has 3 rings (SSSR count). The molecule has 1 amide bonds. The van der Waals surface area contributed by atoms with Gasteiger partial charge in [-0.2, -0.15) is 0 Å². The molecule has 1 heterocycles. The van der Waals surface area contributed by atoms with Gasteiger partial charge in [0.05, 0.1) is 12.3 Å². The van der Waals surface area contributed by atoms with Gasteiger partial charge in [-0.05, 0) is 36.2 Å². The Morgan fingerprint density at radius 2 is 2.00 bits per heavy atom. The van der Waals surface area contributed by atoms with Crippen LogP contribution in [0.25, 0.3) is 0 Å². The van der Waals surface area contributed by atoms with Crippen LogP contribution in [0.1, 0.15) is 12.0 Å². The second-order valence-electron chi connectivity index (χ2n) is 6.58. The molecule has 0 aliphatic carbocycles. The largest absolute Gasteiger partial charge is 0.484 e. The molecule has 1 aliphatic heterocycles. The monoisotopic (exact) mass is 376 g/mol. The molecule has 1 unspecified atom stereocenters. The number of hydrogen-bond donors (Lipinski definition) is 1. The van der Waals surface area contributed by atoms with Gasteiger partial charge in [0.1, 0.15) is 17.4 Å². The van der Waals surface area contributed by atoms with Crippen LogP contribution in [0.15, 0.2) is 42.5 Å². The van der Waals surface area contributed by atoms with Crippen molar-refractivity contribution in [2.45, 2.75) is 19.1 Å². The number of rotatable bonds is 6. The van der Waals surface area contributed by atoms with Crippen molar-refractivity contribution in [3.05, 3.63) is 59.7 Å². The molecule has 1 N–H and O–H groups in total. The first-order valence-corrected chi connectivity index (χ1v) is 8.76. The molecule has 0 radical (unpaired) electrons. The van der Waals surface area contributed by atoms with Crippen LogP contribution in [0.3, 0.4) is 0 Å². The molecule has 2 aromatic carbocycles. The number of aliphatic hydroxyl groups is 1. The lowest BCUT2D eigenvalue weighted by atomic mass is 10.2. The third kappa shape index (κ3) is 4.54. The number of halogens is 2. The fraction of sp³-hybridized carbons (Fsp3) is 0.350. The van der Waals surface area contributed by atoms with Crippen LogP contribution in [0.4, 0.5) is 14.5 Å². The lowest BCUT2D eigenvalue weighted by Gasteiger charge is -2.27. The van der Waals surface area contributed by atoms with E-state index < -0.39 is 11.6 Å². The Morgan fingerprint density at radius 1 is 1.26 bits per heavy atom. The van der Waals surface area contributed by atoms with Gasteiger partial charge in [0.2, 0.25) is 0 Å². The third-order valence-electron chi connectivity index (χ3n) is 4.82. The van der Waals surface area contributed by atoms with Gasteiger partial charge >= 0.3 is 0 Å². The first-order valence-electron chi connectivity index (χ1n) is 8.76. The summed E-state index contributed by atoms with van der Waals surface area (Å²) in [5.74, 6) is -0.813. The highest BCUT2D eigenvalue weighted by Gasteiger charge is 2.30. The highest BCUT2D eigenvalue weighted by molar-refractivity contribution is 5.78. The first-order chi connectivity index (χ1) is 13.0. The number of carbonyl (C=O) groups excluding carboxylic acids is 1. The van der Waals surface area contributed by atoms with Gasteiger partial charge in [0.25, 0.3) is 5.91 Å². The van der Waals surface area contributed by atoms with Crippen molar-refractivity contribution >= 4 is 11.6 Å². The highest BCUT2D eigenvalue weighted by atomic mass is 19.1. The molecule has 144 valence electrons. The molecule has 0 bridgehead atoms. The first kappa shape index (κ1) is 19.1. The summed E-state index contributed by atoms with van der Waals surface area (Å²) in [6.45, 7) is 0.888. The van der Waals surface area contributed by atoms with Crippen LogP contribution >= 0.6 is 0 Å². The van der Waals surface area contributed by atoms with Crippen LogP contribution in [0, 0.1) is 11.6 Å². The number of carbonyl (C=O) groups is 1. The molecule has 1 atom stereocenters. The Balaban J connectivity index is 1.54. The number of anilines is 1. The second-order valence-corrected chi connectivity index (χ2v) is 6.58. The van der Waals surface area contributed by atoms with E-state index in [0.717, 1.165) is 11.6 Å². The summed E-state index contributed by atoms with van der Waals surface area (Å²) < 4.78 is 32.6.